The molecule has 1 aromatic heterocycles. The molecule has 0 bridgehead atoms. The summed E-state index contributed by atoms with van der Waals surface area (Å²) in [6.07, 6.45) is -0.364. The van der Waals surface area contributed by atoms with Crippen LogP contribution in [0.3, 0.4) is 0 Å². The number of benzene rings is 3. The molecule has 4 aromatic rings. The van der Waals surface area contributed by atoms with Crippen LogP contribution >= 0.6 is 0 Å². The molecule has 1 heterocycles. The highest BCUT2D eigenvalue weighted by Gasteiger charge is 2.14. The number of aryl methyl sites for hydroxylation is 2. The maximum atomic E-state index is 11.6. The molecule has 200 valence electrons. The first-order valence-corrected chi connectivity index (χ1v) is 12.3. The Morgan fingerprint density at radius 1 is 0.974 bits per heavy atom. The molecule has 38 heavy (non-hydrogen) atoms. The van der Waals surface area contributed by atoms with Crippen LogP contribution in [0.1, 0.15) is 27.8 Å². The lowest BCUT2D eigenvalue weighted by Gasteiger charge is -2.19. The highest BCUT2D eigenvalue weighted by Crippen LogP contribution is 2.34. The van der Waals surface area contributed by atoms with Gasteiger partial charge in [0.2, 0.25) is 0 Å². The second kappa shape index (κ2) is 12.0. The standard InChI is InChI=1S/C29H32N2O7/c1-18-12-24(37-17-25(15-32)35-4)13-19(2)27(18)26-7-5-6-22(20(26)3)16-36-23-10-8-21(9-11-23)14-31-28(33)30-29(34)38-31/h5-13,25,32H,14-17H2,1-4H3,(H,30,33,34)/t25-/m1/s1. The van der Waals surface area contributed by atoms with Crippen LogP contribution < -0.4 is 20.9 Å². The summed E-state index contributed by atoms with van der Waals surface area (Å²) in [5.74, 6) is 0.649. The quantitative estimate of drug-likeness (QED) is 0.310. The number of rotatable bonds is 11. The molecular formula is C29H32N2O7. The predicted octanol–water partition coefficient (Wildman–Crippen LogP) is 3.74. The van der Waals surface area contributed by atoms with Gasteiger partial charge in [0, 0.05) is 7.11 Å². The Balaban J connectivity index is 1.46. The Morgan fingerprint density at radius 3 is 2.29 bits per heavy atom. The average molecular weight is 521 g/mol. The van der Waals surface area contributed by atoms with Crippen molar-refractivity contribution in [3.05, 3.63) is 103 Å². The molecule has 3 aromatic carbocycles. The predicted molar refractivity (Wildman–Crippen MR) is 143 cm³/mol. The third-order valence-electron chi connectivity index (χ3n) is 6.47. The van der Waals surface area contributed by atoms with Gasteiger partial charge in [-0.05, 0) is 84.0 Å². The lowest BCUT2D eigenvalue weighted by Crippen LogP contribution is -2.24. The molecule has 0 saturated carbocycles. The number of nitrogens with one attached hydrogen (secondary N) is 1. The minimum Gasteiger partial charge on any atom is -0.491 e. The number of H-pyrrole nitrogens is 1. The van der Waals surface area contributed by atoms with Crippen molar-refractivity contribution in [2.24, 2.45) is 0 Å². The van der Waals surface area contributed by atoms with E-state index in [-0.39, 0.29) is 25.9 Å². The van der Waals surface area contributed by atoms with Crippen LogP contribution in [0.4, 0.5) is 0 Å². The summed E-state index contributed by atoms with van der Waals surface area (Å²) in [7, 11) is 1.55. The molecule has 0 aliphatic heterocycles. The SMILES string of the molecule is CO[C@H](CO)COc1cc(C)c(-c2cccc(COc3ccc(Cn4oc(=O)[nH]c4=O)cc3)c2C)c(C)c1. The van der Waals surface area contributed by atoms with E-state index in [0.717, 1.165) is 49.4 Å². The Bertz CT molecular complexity index is 1470. The van der Waals surface area contributed by atoms with E-state index in [1.54, 1.807) is 7.11 Å². The number of aromatic amines is 1. The molecule has 0 fully saturated rings. The average Bonchev–Trinajstić information content (AvgIpc) is 3.21. The molecule has 0 saturated heterocycles. The smallest absolute Gasteiger partial charge is 0.440 e. The van der Waals surface area contributed by atoms with Gasteiger partial charge in [-0.25, -0.2) is 14.6 Å². The molecule has 9 heteroatoms. The Kier molecular flexibility index (Phi) is 8.50. The zero-order valence-corrected chi connectivity index (χ0v) is 21.9. The first-order chi connectivity index (χ1) is 18.3. The molecule has 9 nitrogen and oxygen atoms in total. The molecule has 0 spiro atoms. The van der Waals surface area contributed by atoms with E-state index in [4.69, 9.17) is 18.7 Å². The fourth-order valence-electron chi connectivity index (χ4n) is 4.36. The molecule has 1 atom stereocenters. The highest BCUT2D eigenvalue weighted by atomic mass is 16.5. The van der Waals surface area contributed by atoms with Gasteiger partial charge in [-0.15, -0.1) is 4.74 Å². The zero-order valence-electron chi connectivity index (χ0n) is 21.9. The van der Waals surface area contributed by atoms with E-state index in [0.29, 0.717) is 12.4 Å². The molecule has 0 aliphatic rings. The van der Waals surface area contributed by atoms with Gasteiger partial charge in [-0.1, -0.05) is 30.3 Å². The number of methoxy groups -OCH3 is 1. The number of ether oxygens (including phenoxy) is 3. The largest absolute Gasteiger partial charge is 0.491 e. The molecule has 0 aliphatic carbocycles. The Morgan fingerprint density at radius 2 is 1.68 bits per heavy atom. The van der Waals surface area contributed by atoms with Crippen molar-refractivity contribution >= 4 is 0 Å². The number of aliphatic hydroxyl groups excluding tert-OH is 1. The molecule has 4 rings (SSSR count). The summed E-state index contributed by atoms with van der Waals surface area (Å²) in [5, 5.41) is 9.31. The maximum Gasteiger partial charge on any atom is 0.440 e. The van der Waals surface area contributed by atoms with Crippen molar-refractivity contribution in [2.45, 2.75) is 40.0 Å². The van der Waals surface area contributed by atoms with Crippen LogP contribution in [0.2, 0.25) is 0 Å². The van der Waals surface area contributed by atoms with Crippen molar-refractivity contribution in [3.63, 3.8) is 0 Å². The third kappa shape index (κ3) is 6.24. The number of nitrogens with zero attached hydrogens (tertiary/aromatic N) is 1. The molecular weight excluding hydrogens is 488 g/mol. The van der Waals surface area contributed by atoms with Gasteiger partial charge in [0.05, 0.1) is 13.2 Å². The summed E-state index contributed by atoms with van der Waals surface area (Å²) < 4.78 is 22.9. The normalized spacial score (nSPS) is 11.9. The van der Waals surface area contributed by atoms with E-state index in [1.807, 2.05) is 42.5 Å². The van der Waals surface area contributed by atoms with E-state index in [1.165, 1.54) is 0 Å². The van der Waals surface area contributed by atoms with Crippen molar-refractivity contribution in [3.8, 4) is 22.6 Å². The van der Waals surface area contributed by atoms with Gasteiger partial charge >= 0.3 is 11.4 Å². The van der Waals surface area contributed by atoms with Gasteiger partial charge in [-0.2, -0.15) is 0 Å². The lowest BCUT2D eigenvalue weighted by atomic mass is 9.90. The van der Waals surface area contributed by atoms with Crippen LogP contribution in [-0.4, -0.2) is 41.3 Å². The summed E-state index contributed by atoms with van der Waals surface area (Å²) in [6, 6.07) is 17.5. The topological polar surface area (TPSA) is 116 Å². The summed E-state index contributed by atoms with van der Waals surface area (Å²) in [4.78, 5) is 24.9. The molecule has 2 N–H and O–H groups in total. The summed E-state index contributed by atoms with van der Waals surface area (Å²) in [5.41, 5.74) is 6.87. The van der Waals surface area contributed by atoms with E-state index >= 15 is 0 Å². The summed E-state index contributed by atoms with van der Waals surface area (Å²) in [6.45, 7) is 6.93. The zero-order chi connectivity index (χ0) is 27.2. The number of hydrogen-bond acceptors (Lipinski definition) is 7. The van der Waals surface area contributed by atoms with Crippen LogP contribution in [-0.2, 0) is 17.9 Å². The molecule has 0 amide bonds. The first kappa shape index (κ1) is 27.0. The third-order valence-corrected chi connectivity index (χ3v) is 6.47. The fourth-order valence-corrected chi connectivity index (χ4v) is 4.36. The number of aliphatic hydroxyl groups is 1. The highest BCUT2D eigenvalue weighted by molar-refractivity contribution is 5.75. The Hall–Kier alpha value is -4.08. The second-order valence-electron chi connectivity index (χ2n) is 9.15. The first-order valence-electron chi connectivity index (χ1n) is 12.3. The second-order valence-corrected chi connectivity index (χ2v) is 9.15. The van der Waals surface area contributed by atoms with Crippen LogP contribution in [0.15, 0.2) is 68.7 Å². The van der Waals surface area contributed by atoms with Crippen molar-refractivity contribution in [2.75, 3.05) is 20.3 Å². The minimum absolute atomic E-state index is 0.0980. The van der Waals surface area contributed by atoms with Gasteiger partial charge in [0.1, 0.15) is 30.8 Å². The van der Waals surface area contributed by atoms with Crippen LogP contribution in [0.25, 0.3) is 11.1 Å². The van der Waals surface area contributed by atoms with Crippen LogP contribution in [0, 0.1) is 20.8 Å². The lowest BCUT2D eigenvalue weighted by molar-refractivity contribution is 0.0164. The van der Waals surface area contributed by atoms with Gasteiger partial charge < -0.3 is 23.8 Å². The van der Waals surface area contributed by atoms with Gasteiger partial charge in [-0.3, -0.25) is 0 Å². The van der Waals surface area contributed by atoms with Gasteiger partial charge in [0.15, 0.2) is 0 Å². The van der Waals surface area contributed by atoms with Crippen LogP contribution in [0.5, 0.6) is 11.5 Å². The number of aromatic nitrogens is 2. The monoisotopic (exact) mass is 520 g/mol. The Labute approximate surface area is 220 Å². The van der Waals surface area contributed by atoms with E-state index < -0.39 is 11.4 Å². The molecule has 0 radical (unpaired) electrons. The number of hydrogen-bond donors (Lipinski definition) is 2. The van der Waals surface area contributed by atoms with E-state index in [2.05, 4.69) is 37.9 Å². The minimum atomic E-state index is -0.777. The molecule has 0 unspecified atom stereocenters. The maximum absolute atomic E-state index is 11.6. The van der Waals surface area contributed by atoms with Crippen molar-refractivity contribution in [1.29, 1.82) is 0 Å². The van der Waals surface area contributed by atoms with E-state index in [9.17, 15) is 14.7 Å². The summed E-state index contributed by atoms with van der Waals surface area (Å²) >= 11 is 0. The van der Waals surface area contributed by atoms with Gasteiger partial charge in [0.25, 0.3) is 0 Å². The van der Waals surface area contributed by atoms with Crippen molar-refractivity contribution in [1.82, 2.24) is 9.72 Å². The fraction of sp³-hybridized carbons (Fsp3) is 0.310. The van der Waals surface area contributed by atoms with Crippen molar-refractivity contribution < 1.29 is 23.8 Å².